The number of carbonyl (C=O) groups excluding carboxylic acids is 1. The number of nitrogens with one attached hydrogen (secondary N) is 1. The van der Waals surface area contributed by atoms with E-state index < -0.39 is 0 Å². The lowest BCUT2D eigenvalue weighted by Crippen LogP contribution is -2.43. The summed E-state index contributed by atoms with van der Waals surface area (Å²) in [5, 5.41) is 3.68. The lowest BCUT2D eigenvalue weighted by atomic mass is 9.76. The normalized spacial score (nSPS) is 21.3. The number of aryl methyl sites for hydroxylation is 1. The molecule has 1 fully saturated rings. The minimum absolute atomic E-state index is 0.137. The molecule has 104 valence electrons. The van der Waals surface area contributed by atoms with Gasteiger partial charge in [-0.3, -0.25) is 4.79 Å². The van der Waals surface area contributed by atoms with E-state index in [1.54, 1.807) is 13.1 Å². The van der Waals surface area contributed by atoms with Crippen LogP contribution in [0.4, 0.5) is 0 Å². The zero-order valence-corrected chi connectivity index (χ0v) is 11.9. The van der Waals surface area contributed by atoms with Crippen LogP contribution in [0.1, 0.15) is 40.8 Å². The topological polar surface area (TPSA) is 55.1 Å². The predicted octanol–water partition coefficient (Wildman–Crippen LogP) is 3.31. The Morgan fingerprint density at radius 1 is 1.35 bits per heavy atom. The van der Waals surface area contributed by atoms with Crippen molar-refractivity contribution in [1.29, 1.82) is 0 Å². The van der Waals surface area contributed by atoms with E-state index in [1.165, 1.54) is 5.56 Å². The van der Waals surface area contributed by atoms with Crippen molar-refractivity contribution < 1.29 is 9.21 Å². The molecule has 0 saturated heterocycles. The van der Waals surface area contributed by atoms with Gasteiger partial charge in [0.15, 0.2) is 0 Å². The second-order valence-electron chi connectivity index (χ2n) is 5.17. The lowest BCUT2D eigenvalue weighted by Gasteiger charge is -2.35. The Morgan fingerprint density at radius 3 is 2.65 bits per heavy atom. The van der Waals surface area contributed by atoms with Crippen LogP contribution in [0.3, 0.4) is 0 Å². The van der Waals surface area contributed by atoms with Gasteiger partial charge in [-0.05, 0) is 43.4 Å². The highest BCUT2D eigenvalue weighted by Gasteiger charge is 2.32. The van der Waals surface area contributed by atoms with Gasteiger partial charge in [0.2, 0.25) is 0 Å². The first-order valence-electron chi connectivity index (χ1n) is 6.60. The summed E-state index contributed by atoms with van der Waals surface area (Å²) in [7, 11) is 0. The van der Waals surface area contributed by atoms with Gasteiger partial charge in [0.1, 0.15) is 5.76 Å². The second kappa shape index (κ2) is 5.29. The number of oxazole rings is 1. The Bertz CT molecular complexity index is 615. The molecule has 0 bridgehead atoms. The predicted molar refractivity (Wildman–Crippen MR) is 75.9 cm³/mol. The van der Waals surface area contributed by atoms with Gasteiger partial charge >= 0.3 is 5.91 Å². The SMILES string of the molecule is Cc1cnc(C(=O)NC2CC(c3ccc(Cl)cc3)C2)o1. The van der Waals surface area contributed by atoms with Gasteiger partial charge in [-0.2, -0.15) is 0 Å². The maximum absolute atomic E-state index is 11.9. The maximum atomic E-state index is 11.9. The molecule has 1 amide bonds. The van der Waals surface area contributed by atoms with Crippen LogP contribution in [0.25, 0.3) is 0 Å². The fourth-order valence-corrected chi connectivity index (χ4v) is 2.58. The van der Waals surface area contributed by atoms with Crippen LogP contribution >= 0.6 is 11.6 Å². The Hall–Kier alpha value is -1.81. The Balaban J connectivity index is 1.53. The van der Waals surface area contributed by atoms with Crippen LogP contribution in [0.5, 0.6) is 0 Å². The Kier molecular flexibility index (Phi) is 3.49. The molecule has 1 saturated carbocycles. The average Bonchev–Trinajstić information content (AvgIpc) is 2.81. The summed E-state index contributed by atoms with van der Waals surface area (Å²) in [4.78, 5) is 15.8. The zero-order valence-electron chi connectivity index (χ0n) is 11.1. The van der Waals surface area contributed by atoms with Gasteiger partial charge in [0.25, 0.3) is 5.89 Å². The zero-order chi connectivity index (χ0) is 14.1. The number of hydrogen-bond donors (Lipinski definition) is 1. The minimum atomic E-state index is -0.238. The van der Waals surface area contributed by atoms with Gasteiger partial charge < -0.3 is 9.73 Å². The highest BCUT2D eigenvalue weighted by atomic mass is 35.5. The summed E-state index contributed by atoms with van der Waals surface area (Å²) >= 11 is 5.87. The quantitative estimate of drug-likeness (QED) is 0.943. The number of rotatable bonds is 3. The van der Waals surface area contributed by atoms with Crippen LogP contribution in [0, 0.1) is 6.92 Å². The third kappa shape index (κ3) is 2.70. The van der Waals surface area contributed by atoms with E-state index >= 15 is 0 Å². The van der Waals surface area contributed by atoms with Crippen molar-refractivity contribution in [3.05, 3.63) is 52.7 Å². The molecule has 1 aromatic heterocycles. The standard InChI is InChI=1S/C15H15ClN2O2/c1-9-8-17-15(20-9)14(19)18-13-6-11(7-13)10-2-4-12(16)5-3-10/h2-5,8,11,13H,6-7H2,1H3,(H,18,19). The third-order valence-corrected chi connectivity index (χ3v) is 3.88. The van der Waals surface area contributed by atoms with Gasteiger partial charge in [-0.25, -0.2) is 4.98 Å². The van der Waals surface area contributed by atoms with Gasteiger partial charge in [-0.1, -0.05) is 23.7 Å². The molecule has 1 aromatic carbocycles. The number of carbonyl (C=O) groups is 1. The number of benzene rings is 1. The molecule has 1 heterocycles. The minimum Gasteiger partial charge on any atom is -0.438 e. The molecule has 3 rings (SSSR count). The second-order valence-corrected chi connectivity index (χ2v) is 5.60. The van der Waals surface area contributed by atoms with E-state index in [0.29, 0.717) is 11.7 Å². The van der Waals surface area contributed by atoms with Crippen LogP contribution in [-0.2, 0) is 0 Å². The third-order valence-electron chi connectivity index (χ3n) is 3.63. The van der Waals surface area contributed by atoms with Crippen molar-refractivity contribution >= 4 is 17.5 Å². The highest BCUT2D eigenvalue weighted by molar-refractivity contribution is 6.30. The molecular weight excluding hydrogens is 276 g/mol. The molecule has 1 N–H and O–H groups in total. The molecular formula is C15H15ClN2O2. The van der Waals surface area contributed by atoms with E-state index in [4.69, 9.17) is 16.0 Å². The maximum Gasteiger partial charge on any atom is 0.307 e. The molecule has 0 atom stereocenters. The molecule has 1 aliphatic carbocycles. The Labute approximate surface area is 122 Å². The molecule has 0 radical (unpaired) electrons. The van der Waals surface area contributed by atoms with E-state index in [9.17, 15) is 4.79 Å². The van der Waals surface area contributed by atoms with Crippen molar-refractivity contribution in [2.75, 3.05) is 0 Å². The van der Waals surface area contributed by atoms with E-state index in [2.05, 4.69) is 10.3 Å². The summed E-state index contributed by atoms with van der Waals surface area (Å²) < 4.78 is 5.20. The van der Waals surface area contributed by atoms with Gasteiger partial charge in [-0.15, -0.1) is 0 Å². The monoisotopic (exact) mass is 290 g/mol. The Morgan fingerprint density at radius 2 is 2.05 bits per heavy atom. The van der Waals surface area contributed by atoms with Gasteiger partial charge in [0, 0.05) is 11.1 Å². The summed E-state index contributed by atoms with van der Waals surface area (Å²) in [5.74, 6) is 1.03. The molecule has 2 aromatic rings. The van der Waals surface area contributed by atoms with Crippen LogP contribution < -0.4 is 5.32 Å². The van der Waals surface area contributed by atoms with E-state index in [0.717, 1.165) is 17.9 Å². The summed E-state index contributed by atoms with van der Waals surface area (Å²) in [6.45, 7) is 1.77. The van der Waals surface area contributed by atoms with E-state index in [1.807, 2.05) is 24.3 Å². The van der Waals surface area contributed by atoms with Gasteiger partial charge in [0.05, 0.1) is 6.20 Å². The van der Waals surface area contributed by atoms with E-state index in [-0.39, 0.29) is 17.8 Å². The molecule has 1 aliphatic rings. The first-order valence-corrected chi connectivity index (χ1v) is 6.98. The average molecular weight is 291 g/mol. The summed E-state index contributed by atoms with van der Waals surface area (Å²) in [6, 6.07) is 8.08. The summed E-state index contributed by atoms with van der Waals surface area (Å²) in [5.41, 5.74) is 1.27. The van der Waals surface area contributed by atoms with Crippen LogP contribution in [-0.4, -0.2) is 16.9 Å². The number of hydrogen-bond acceptors (Lipinski definition) is 3. The molecule has 4 nitrogen and oxygen atoms in total. The highest BCUT2D eigenvalue weighted by Crippen LogP contribution is 2.37. The molecule has 0 aliphatic heterocycles. The van der Waals surface area contributed by atoms with Crippen molar-refractivity contribution in [2.45, 2.75) is 31.7 Å². The van der Waals surface area contributed by atoms with Crippen molar-refractivity contribution in [1.82, 2.24) is 10.3 Å². The lowest BCUT2D eigenvalue weighted by molar-refractivity contribution is 0.0872. The fraction of sp³-hybridized carbons (Fsp3) is 0.333. The van der Waals surface area contributed by atoms with Crippen molar-refractivity contribution in [3.8, 4) is 0 Å². The number of halogens is 1. The molecule has 20 heavy (non-hydrogen) atoms. The molecule has 0 spiro atoms. The van der Waals surface area contributed by atoms with Crippen LogP contribution in [0.15, 0.2) is 34.9 Å². The fourth-order valence-electron chi connectivity index (χ4n) is 2.45. The number of amides is 1. The number of aromatic nitrogens is 1. The smallest absolute Gasteiger partial charge is 0.307 e. The first-order chi connectivity index (χ1) is 9.61. The van der Waals surface area contributed by atoms with Crippen molar-refractivity contribution in [2.24, 2.45) is 0 Å². The largest absolute Gasteiger partial charge is 0.438 e. The van der Waals surface area contributed by atoms with Crippen molar-refractivity contribution in [3.63, 3.8) is 0 Å². The molecule has 0 unspecified atom stereocenters. The number of nitrogens with zero attached hydrogens (tertiary/aromatic N) is 1. The molecule has 5 heteroatoms. The first kappa shape index (κ1) is 13.2. The van der Waals surface area contributed by atoms with Crippen LogP contribution in [0.2, 0.25) is 5.02 Å². The summed E-state index contributed by atoms with van der Waals surface area (Å²) in [6.07, 6.45) is 3.42.